The lowest BCUT2D eigenvalue weighted by Gasteiger charge is -2.20. The summed E-state index contributed by atoms with van der Waals surface area (Å²) in [6.07, 6.45) is -2.01. The number of carbonyl (C=O) groups is 2. The molecule has 0 unspecified atom stereocenters. The molecule has 116 valence electrons. The van der Waals surface area contributed by atoms with E-state index in [-0.39, 0.29) is 13.2 Å². The highest BCUT2D eigenvalue weighted by atomic mass is 16.6. The van der Waals surface area contributed by atoms with Gasteiger partial charge in [-0.3, -0.25) is 10.6 Å². The SMILES string of the molecule is CCOC(=O)NC(NC(=O)OCC)c1ccc(OC)cc1. The molecule has 2 N–H and O–H groups in total. The average molecular weight is 296 g/mol. The number of methoxy groups -OCH3 is 1. The highest BCUT2D eigenvalue weighted by Crippen LogP contribution is 2.16. The van der Waals surface area contributed by atoms with Gasteiger partial charge in [-0.15, -0.1) is 0 Å². The lowest BCUT2D eigenvalue weighted by Crippen LogP contribution is -2.41. The Labute approximate surface area is 123 Å². The highest BCUT2D eigenvalue weighted by molar-refractivity contribution is 5.71. The summed E-state index contributed by atoms with van der Waals surface area (Å²) in [5.41, 5.74) is 0.664. The zero-order valence-electron chi connectivity index (χ0n) is 12.3. The molecule has 7 nitrogen and oxygen atoms in total. The summed E-state index contributed by atoms with van der Waals surface area (Å²) in [5.74, 6) is 0.671. The first-order valence-corrected chi connectivity index (χ1v) is 6.61. The summed E-state index contributed by atoms with van der Waals surface area (Å²) >= 11 is 0. The molecule has 1 aromatic rings. The van der Waals surface area contributed by atoms with Crippen molar-refractivity contribution in [3.8, 4) is 5.75 Å². The topological polar surface area (TPSA) is 85.9 Å². The van der Waals surface area contributed by atoms with E-state index in [0.29, 0.717) is 11.3 Å². The fourth-order valence-corrected chi connectivity index (χ4v) is 1.58. The van der Waals surface area contributed by atoms with Crippen molar-refractivity contribution in [2.75, 3.05) is 20.3 Å². The summed E-state index contributed by atoms with van der Waals surface area (Å²) < 4.78 is 14.7. The van der Waals surface area contributed by atoms with Crippen LogP contribution in [0.25, 0.3) is 0 Å². The van der Waals surface area contributed by atoms with E-state index < -0.39 is 18.4 Å². The molecule has 1 rings (SSSR count). The van der Waals surface area contributed by atoms with Gasteiger partial charge in [0.25, 0.3) is 0 Å². The van der Waals surface area contributed by atoms with E-state index >= 15 is 0 Å². The first-order chi connectivity index (χ1) is 10.1. The molecule has 21 heavy (non-hydrogen) atoms. The van der Waals surface area contributed by atoms with Gasteiger partial charge in [-0.05, 0) is 31.5 Å². The van der Waals surface area contributed by atoms with Gasteiger partial charge < -0.3 is 14.2 Å². The van der Waals surface area contributed by atoms with Crippen LogP contribution in [0.15, 0.2) is 24.3 Å². The second-order valence-electron chi connectivity index (χ2n) is 3.94. The second-order valence-corrected chi connectivity index (χ2v) is 3.94. The number of rotatable bonds is 6. The molecule has 0 saturated carbocycles. The minimum absolute atomic E-state index is 0.237. The van der Waals surface area contributed by atoms with Crippen LogP contribution >= 0.6 is 0 Å². The first kappa shape index (κ1) is 16.6. The van der Waals surface area contributed by atoms with Gasteiger partial charge in [-0.25, -0.2) is 9.59 Å². The maximum atomic E-state index is 11.5. The molecule has 0 fully saturated rings. The van der Waals surface area contributed by atoms with E-state index in [4.69, 9.17) is 14.2 Å². The molecule has 0 spiro atoms. The molecule has 0 aliphatic rings. The third kappa shape index (κ3) is 5.60. The number of benzene rings is 1. The summed E-state index contributed by atoms with van der Waals surface area (Å²) in [6, 6.07) is 6.90. The Morgan fingerprint density at radius 3 is 1.86 bits per heavy atom. The third-order valence-corrected chi connectivity index (χ3v) is 2.52. The standard InChI is InChI=1S/C14H20N2O5/c1-4-20-13(17)15-12(16-14(18)21-5-2)10-6-8-11(19-3)9-7-10/h6-9,12H,4-5H2,1-3H3,(H,15,17)(H,16,18). The van der Waals surface area contributed by atoms with Crippen molar-refractivity contribution in [1.82, 2.24) is 10.6 Å². The number of hydrogen-bond acceptors (Lipinski definition) is 5. The predicted molar refractivity (Wildman–Crippen MR) is 76.1 cm³/mol. The molecule has 0 aromatic heterocycles. The van der Waals surface area contributed by atoms with E-state index in [1.807, 2.05) is 0 Å². The van der Waals surface area contributed by atoms with E-state index in [2.05, 4.69) is 10.6 Å². The summed E-state index contributed by atoms with van der Waals surface area (Å²) in [7, 11) is 1.56. The molecule has 0 aliphatic heterocycles. The molecule has 2 amide bonds. The maximum Gasteiger partial charge on any atom is 0.409 e. The molecule has 0 saturated heterocycles. The van der Waals surface area contributed by atoms with Gasteiger partial charge in [-0.2, -0.15) is 0 Å². The number of amides is 2. The number of carbonyl (C=O) groups excluding carboxylic acids is 2. The van der Waals surface area contributed by atoms with E-state index in [1.54, 1.807) is 45.2 Å². The summed E-state index contributed by atoms with van der Waals surface area (Å²) in [4.78, 5) is 23.1. The molecule has 0 heterocycles. The van der Waals surface area contributed by atoms with Gasteiger partial charge in [-0.1, -0.05) is 12.1 Å². The zero-order chi connectivity index (χ0) is 15.7. The zero-order valence-corrected chi connectivity index (χ0v) is 12.3. The van der Waals surface area contributed by atoms with Crippen LogP contribution in [-0.2, 0) is 9.47 Å². The van der Waals surface area contributed by atoms with Gasteiger partial charge in [0.1, 0.15) is 11.9 Å². The Bertz CT molecular complexity index is 441. The Hall–Kier alpha value is -2.44. The number of nitrogens with one attached hydrogen (secondary N) is 2. The lowest BCUT2D eigenvalue weighted by atomic mass is 10.1. The smallest absolute Gasteiger partial charge is 0.409 e. The van der Waals surface area contributed by atoms with Gasteiger partial charge in [0.05, 0.1) is 20.3 Å². The fraction of sp³-hybridized carbons (Fsp3) is 0.429. The van der Waals surface area contributed by atoms with Crippen molar-refractivity contribution in [1.29, 1.82) is 0 Å². The van der Waals surface area contributed by atoms with Gasteiger partial charge in [0.2, 0.25) is 0 Å². The van der Waals surface area contributed by atoms with E-state index in [1.165, 1.54) is 0 Å². The minimum Gasteiger partial charge on any atom is -0.497 e. The van der Waals surface area contributed by atoms with Crippen molar-refractivity contribution in [2.45, 2.75) is 20.0 Å². The van der Waals surface area contributed by atoms with Crippen molar-refractivity contribution in [3.63, 3.8) is 0 Å². The predicted octanol–water partition coefficient (Wildman–Crippen LogP) is 2.19. The Morgan fingerprint density at radius 1 is 1.00 bits per heavy atom. The van der Waals surface area contributed by atoms with Gasteiger partial charge >= 0.3 is 12.2 Å². The largest absolute Gasteiger partial charge is 0.497 e. The molecule has 1 aromatic carbocycles. The van der Waals surface area contributed by atoms with Crippen molar-refractivity contribution >= 4 is 12.2 Å². The van der Waals surface area contributed by atoms with Crippen molar-refractivity contribution in [2.24, 2.45) is 0 Å². The van der Waals surface area contributed by atoms with Gasteiger partial charge in [0.15, 0.2) is 0 Å². The monoisotopic (exact) mass is 296 g/mol. The van der Waals surface area contributed by atoms with Crippen LogP contribution in [0.5, 0.6) is 5.75 Å². The normalized spacial score (nSPS) is 9.90. The minimum atomic E-state index is -0.756. The quantitative estimate of drug-likeness (QED) is 0.786. The summed E-state index contributed by atoms with van der Waals surface area (Å²) in [5, 5.41) is 5.09. The third-order valence-electron chi connectivity index (χ3n) is 2.52. The molecular weight excluding hydrogens is 276 g/mol. The molecular formula is C14H20N2O5. The molecule has 0 aliphatic carbocycles. The average Bonchev–Trinajstić information content (AvgIpc) is 2.47. The first-order valence-electron chi connectivity index (χ1n) is 6.61. The second kappa shape index (κ2) is 8.68. The highest BCUT2D eigenvalue weighted by Gasteiger charge is 2.18. The van der Waals surface area contributed by atoms with Crippen molar-refractivity contribution < 1.29 is 23.8 Å². The van der Waals surface area contributed by atoms with Crippen molar-refractivity contribution in [3.05, 3.63) is 29.8 Å². The van der Waals surface area contributed by atoms with Crippen LogP contribution in [-0.4, -0.2) is 32.5 Å². The van der Waals surface area contributed by atoms with Gasteiger partial charge in [0, 0.05) is 0 Å². The van der Waals surface area contributed by atoms with E-state index in [0.717, 1.165) is 0 Å². The van der Waals surface area contributed by atoms with Crippen LogP contribution in [0.1, 0.15) is 25.6 Å². The Balaban J connectivity index is 2.82. The maximum absolute atomic E-state index is 11.5. The van der Waals surface area contributed by atoms with Crippen LogP contribution < -0.4 is 15.4 Å². The van der Waals surface area contributed by atoms with E-state index in [9.17, 15) is 9.59 Å². The van der Waals surface area contributed by atoms with Crippen LogP contribution in [0, 0.1) is 0 Å². The summed E-state index contributed by atoms with van der Waals surface area (Å²) in [6.45, 7) is 3.86. The van der Waals surface area contributed by atoms with Crippen LogP contribution in [0.3, 0.4) is 0 Å². The number of hydrogen-bond donors (Lipinski definition) is 2. The Morgan fingerprint density at radius 2 is 1.48 bits per heavy atom. The molecule has 0 atom stereocenters. The fourth-order valence-electron chi connectivity index (χ4n) is 1.58. The molecule has 0 radical (unpaired) electrons. The Kier molecular flexibility index (Phi) is 6.86. The number of ether oxygens (including phenoxy) is 3. The molecule has 7 heteroatoms. The van der Waals surface area contributed by atoms with Crippen LogP contribution in [0.4, 0.5) is 9.59 Å². The number of alkyl carbamates (subject to hydrolysis) is 2. The lowest BCUT2D eigenvalue weighted by molar-refractivity contribution is 0.135. The van der Waals surface area contributed by atoms with Crippen LogP contribution in [0.2, 0.25) is 0 Å². The molecule has 0 bridgehead atoms.